The molecule has 1 heterocycles. The molecule has 1 unspecified atom stereocenters. The number of alkyl halides is 2. The number of hydrogen-bond acceptors (Lipinski definition) is 2. The summed E-state index contributed by atoms with van der Waals surface area (Å²) in [6, 6.07) is 0. The van der Waals surface area contributed by atoms with E-state index in [1.165, 1.54) is 0 Å². The Morgan fingerprint density at radius 3 is 2.91 bits per heavy atom. The molecular formula is C7H11F2NO. The summed E-state index contributed by atoms with van der Waals surface area (Å²) in [5.74, 6) is -0.479. The summed E-state index contributed by atoms with van der Waals surface area (Å²) in [6.07, 6.45) is -2.24. The Hall–Kier alpha value is -0.510. The van der Waals surface area contributed by atoms with Crippen LogP contribution in [0, 0.1) is 5.92 Å². The number of nitrogens with one attached hydrogen (secondary N) is 1. The zero-order valence-electron chi connectivity index (χ0n) is 6.15. The molecule has 0 aromatic heterocycles. The first kappa shape index (κ1) is 8.59. The monoisotopic (exact) mass is 163 g/mol. The Kier molecular flexibility index (Phi) is 2.93. The molecule has 64 valence electrons. The van der Waals surface area contributed by atoms with Gasteiger partial charge in [0.05, 0.1) is 0 Å². The highest BCUT2D eigenvalue weighted by molar-refractivity contribution is 5.82. The highest BCUT2D eigenvalue weighted by atomic mass is 19.3. The SMILES string of the molecule is O=C1CCNCC1CC(F)F. The van der Waals surface area contributed by atoms with Crippen molar-refractivity contribution in [3.05, 3.63) is 0 Å². The van der Waals surface area contributed by atoms with Crippen molar-refractivity contribution in [3.63, 3.8) is 0 Å². The van der Waals surface area contributed by atoms with Gasteiger partial charge in [-0.05, 0) is 0 Å². The van der Waals surface area contributed by atoms with Crippen molar-refractivity contribution in [3.8, 4) is 0 Å². The van der Waals surface area contributed by atoms with Crippen LogP contribution in [0.25, 0.3) is 0 Å². The van der Waals surface area contributed by atoms with Crippen molar-refractivity contribution in [2.45, 2.75) is 19.3 Å². The van der Waals surface area contributed by atoms with Crippen LogP contribution in [0.5, 0.6) is 0 Å². The molecule has 1 N–H and O–H groups in total. The quantitative estimate of drug-likeness (QED) is 0.653. The fraction of sp³-hybridized carbons (Fsp3) is 0.857. The highest BCUT2D eigenvalue weighted by Crippen LogP contribution is 2.14. The minimum atomic E-state index is -2.36. The molecule has 0 amide bonds. The summed E-state index contributed by atoms with van der Waals surface area (Å²) in [7, 11) is 0. The molecule has 1 aliphatic heterocycles. The van der Waals surface area contributed by atoms with Crippen LogP contribution in [-0.4, -0.2) is 25.3 Å². The molecule has 2 nitrogen and oxygen atoms in total. The summed E-state index contributed by atoms with van der Waals surface area (Å²) < 4.78 is 23.6. The Morgan fingerprint density at radius 1 is 1.64 bits per heavy atom. The first-order chi connectivity index (χ1) is 5.20. The van der Waals surface area contributed by atoms with Crippen LogP contribution in [0.2, 0.25) is 0 Å². The third-order valence-corrected chi connectivity index (χ3v) is 1.86. The van der Waals surface area contributed by atoms with Gasteiger partial charge in [0.25, 0.3) is 0 Å². The maximum absolute atomic E-state index is 11.8. The number of ketones is 1. The Labute approximate surface area is 64.0 Å². The number of piperidine rings is 1. The maximum Gasteiger partial charge on any atom is 0.239 e. The summed E-state index contributed by atoms with van der Waals surface area (Å²) >= 11 is 0. The van der Waals surface area contributed by atoms with E-state index in [1.54, 1.807) is 0 Å². The van der Waals surface area contributed by atoms with Crippen LogP contribution in [0.1, 0.15) is 12.8 Å². The molecule has 0 aromatic carbocycles. The molecule has 0 saturated carbocycles. The van der Waals surface area contributed by atoms with E-state index in [0.29, 0.717) is 19.5 Å². The highest BCUT2D eigenvalue weighted by Gasteiger charge is 2.24. The van der Waals surface area contributed by atoms with Gasteiger partial charge in [-0.15, -0.1) is 0 Å². The van der Waals surface area contributed by atoms with Crippen LogP contribution in [-0.2, 0) is 4.79 Å². The van der Waals surface area contributed by atoms with Crippen LogP contribution >= 0.6 is 0 Å². The predicted molar refractivity (Wildman–Crippen MR) is 36.6 cm³/mol. The molecule has 11 heavy (non-hydrogen) atoms. The largest absolute Gasteiger partial charge is 0.316 e. The Morgan fingerprint density at radius 2 is 2.36 bits per heavy atom. The maximum atomic E-state index is 11.8. The zero-order chi connectivity index (χ0) is 8.27. The van der Waals surface area contributed by atoms with Gasteiger partial charge in [0.2, 0.25) is 6.43 Å². The lowest BCUT2D eigenvalue weighted by atomic mass is 9.95. The van der Waals surface area contributed by atoms with E-state index in [2.05, 4.69) is 5.32 Å². The van der Waals surface area contributed by atoms with Crippen molar-refractivity contribution in [2.75, 3.05) is 13.1 Å². The minimum absolute atomic E-state index is 0.0240. The van der Waals surface area contributed by atoms with Gasteiger partial charge in [-0.1, -0.05) is 0 Å². The second kappa shape index (κ2) is 3.76. The number of carbonyl (C=O) groups is 1. The smallest absolute Gasteiger partial charge is 0.239 e. The van der Waals surface area contributed by atoms with E-state index >= 15 is 0 Å². The predicted octanol–water partition coefficient (Wildman–Crippen LogP) is 0.820. The lowest BCUT2D eigenvalue weighted by Crippen LogP contribution is -2.37. The first-order valence-corrected chi connectivity index (χ1v) is 3.71. The number of carbonyl (C=O) groups excluding carboxylic acids is 1. The molecule has 1 rings (SSSR count). The number of Topliss-reactive ketones (excluding diaryl/α,β-unsaturated/α-hetero) is 1. The molecule has 1 atom stereocenters. The van der Waals surface area contributed by atoms with E-state index in [0.717, 1.165) is 0 Å². The van der Waals surface area contributed by atoms with Crippen molar-refractivity contribution in [1.29, 1.82) is 0 Å². The van der Waals surface area contributed by atoms with E-state index in [9.17, 15) is 13.6 Å². The van der Waals surface area contributed by atoms with Crippen LogP contribution in [0.3, 0.4) is 0 Å². The number of hydrogen-bond donors (Lipinski definition) is 1. The standard InChI is InChI=1S/C7H11F2NO/c8-7(9)3-5-4-10-2-1-6(5)11/h5,7,10H,1-4H2. The third-order valence-electron chi connectivity index (χ3n) is 1.86. The van der Waals surface area contributed by atoms with Crippen LogP contribution in [0.4, 0.5) is 8.78 Å². The van der Waals surface area contributed by atoms with E-state index in [-0.39, 0.29) is 12.2 Å². The Balaban J connectivity index is 2.36. The fourth-order valence-electron chi connectivity index (χ4n) is 1.24. The topological polar surface area (TPSA) is 29.1 Å². The molecule has 1 aliphatic rings. The summed E-state index contributed by atoms with van der Waals surface area (Å²) in [4.78, 5) is 11.0. The summed E-state index contributed by atoms with van der Waals surface area (Å²) in [5, 5.41) is 2.92. The van der Waals surface area contributed by atoms with Gasteiger partial charge in [0, 0.05) is 31.8 Å². The molecular weight excluding hydrogens is 152 g/mol. The molecule has 1 fully saturated rings. The molecule has 4 heteroatoms. The average Bonchev–Trinajstić information content (AvgIpc) is 1.93. The number of halogens is 2. The lowest BCUT2D eigenvalue weighted by Gasteiger charge is -2.20. The molecule has 1 saturated heterocycles. The fourth-order valence-corrected chi connectivity index (χ4v) is 1.24. The van der Waals surface area contributed by atoms with Gasteiger partial charge in [-0.25, -0.2) is 8.78 Å². The molecule has 0 spiro atoms. The molecule has 0 bridgehead atoms. The normalized spacial score (nSPS) is 26.1. The van der Waals surface area contributed by atoms with Gasteiger partial charge >= 0.3 is 0 Å². The van der Waals surface area contributed by atoms with Gasteiger partial charge in [0.15, 0.2) is 0 Å². The summed E-state index contributed by atoms with van der Waals surface area (Å²) in [5.41, 5.74) is 0. The number of rotatable bonds is 2. The molecule has 0 radical (unpaired) electrons. The second-order valence-electron chi connectivity index (χ2n) is 2.74. The van der Waals surface area contributed by atoms with E-state index in [4.69, 9.17) is 0 Å². The van der Waals surface area contributed by atoms with Crippen molar-refractivity contribution in [1.82, 2.24) is 5.32 Å². The third kappa shape index (κ3) is 2.54. The molecule has 0 aliphatic carbocycles. The Bertz CT molecular complexity index is 149. The van der Waals surface area contributed by atoms with E-state index < -0.39 is 12.3 Å². The van der Waals surface area contributed by atoms with Crippen molar-refractivity contribution in [2.24, 2.45) is 5.92 Å². The molecule has 0 aromatic rings. The first-order valence-electron chi connectivity index (χ1n) is 3.71. The van der Waals surface area contributed by atoms with Crippen LogP contribution in [0.15, 0.2) is 0 Å². The van der Waals surface area contributed by atoms with Crippen molar-refractivity contribution < 1.29 is 13.6 Å². The average molecular weight is 163 g/mol. The second-order valence-corrected chi connectivity index (χ2v) is 2.74. The van der Waals surface area contributed by atoms with Crippen LogP contribution < -0.4 is 5.32 Å². The van der Waals surface area contributed by atoms with Gasteiger partial charge in [-0.3, -0.25) is 4.79 Å². The lowest BCUT2D eigenvalue weighted by molar-refractivity contribution is -0.125. The van der Waals surface area contributed by atoms with Crippen molar-refractivity contribution >= 4 is 5.78 Å². The van der Waals surface area contributed by atoms with E-state index in [1.807, 2.05) is 0 Å². The van der Waals surface area contributed by atoms with Gasteiger partial charge in [-0.2, -0.15) is 0 Å². The van der Waals surface area contributed by atoms with Gasteiger partial charge in [0.1, 0.15) is 5.78 Å². The minimum Gasteiger partial charge on any atom is -0.316 e. The van der Waals surface area contributed by atoms with Gasteiger partial charge < -0.3 is 5.32 Å². The zero-order valence-corrected chi connectivity index (χ0v) is 6.15. The summed E-state index contributed by atoms with van der Waals surface area (Å²) in [6.45, 7) is 1.06.